The highest BCUT2D eigenvalue weighted by atomic mass is 16.5. The van der Waals surface area contributed by atoms with Crippen LogP contribution in [0.2, 0.25) is 0 Å². The average Bonchev–Trinajstić information content (AvgIpc) is 3.24. The van der Waals surface area contributed by atoms with Gasteiger partial charge in [-0.15, -0.1) is 0 Å². The number of allylic oxidation sites excluding steroid dienone is 12. The Morgan fingerprint density at radius 3 is 1.45 bits per heavy atom. The first-order valence-corrected chi connectivity index (χ1v) is 25.2. The third kappa shape index (κ3) is 42.0. The van der Waals surface area contributed by atoms with Gasteiger partial charge in [0.05, 0.1) is 25.2 Å². The summed E-state index contributed by atoms with van der Waals surface area (Å²) in [7, 11) is 0. The van der Waals surface area contributed by atoms with Crippen molar-refractivity contribution in [2.24, 2.45) is 0 Å². The van der Waals surface area contributed by atoms with Gasteiger partial charge in [0.15, 0.2) is 0 Å². The van der Waals surface area contributed by atoms with Crippen LogP contribution in [0.15, 0.2) is 72.9 Å². The zero-order valence-electron chi connectivity index (χ0n) is 39.3. The van der Waals surface area contributed by atoms with Crippen molar-refractivity contribution in [2.45, 2.75) is 251 Å². The summed E-state index contributed by atoms with van der Waals surface area (Å²) in [5.74, 6) is -0.545. The number of hydrogen-bond donors (Lipinski definition) is 3. The molecule has 0 aliphatic rings. The highest BCUT2D eigenvalue weighted by Gasteiger charge is 2.24. The Hall–Kier alpha value is -2.70. The van der Waals surface area contributed by atoms with Gasteiger partial charge in [-0.3, -0.25) is 9.59 Å². The Balaban J connectivity index is 4.73. The van der Waals surface area contributed by atoms with Gasteiger partial charge < -0.3 is 20.3 Å². The second-order valence-electron chi connectivity index (χ2n) is 16.9. The van der Waals surface area contributed by atoms with Gasteiger partial charge in [0.2, 0.25) is 5.91 Å². The maximum atomic E-state index is 13.2. The van der Waals surface area contributed by atoms with E-state index in [4.69, 9.17) is 4.74 Å². The van der Waals surface area contributed by atoms with Crippen LogP contribution < -0.4 is 5.32 Å². The number of esters is 1. The number of aliphatic hydroxyl groups is 2. The number of aliphatic hydroxyl groups excluding tert-OH is 2. The minimum Gasteiger partial charge on any atom is -0.462 e. The predicted octanol–water partition coefficient (Wildman–Crippen LogP) is 15.0. The molecule has 0 fully saturated rings. The quantitative estimate of drug-likeness (QED) is 0.0246. The number of nitrogens with one attached hydrogen (secondary N) is 1. The van der Waals surface area contributed by atoms with Crippen LogP contribution in [-0.2, 0) is 14.3 Å². The van der Waals surface area contributed by atoms with E-state index in [1.54, 1.807) is 0 Å². The van der Waals surface area contributed by atoms with E-state index in [1.807, 2.05) is 0 Å². The van der Waals surface area contributed by atoms with Gasteiger partial charge in [0.25, 0.3) is 0 Å². The molecule has 3 atom stereocenters. The lowest BCUT2D eigenvalue weighted by atomic mass is 10.0. The van der Waals surface area contributed by atoms with Gasteiger partial charge in [0.1, 0.15) is 6.10 Å². The first-order chi connectivity index (χ1) is 29.5. The van der Waals surface area contributed by atoms with E-state index in [1.165, 1.54) is 109 Å². The monoisotopic (exact) mass is 838 g/mol. The molecule has 0 saturated carbocycles. The molecule has 0 radical (unpaired) electrons. The Morgan fingerprint density at radius 1 is 0.500 bits per heavy atom. The second-order valence-corrected chi connectivity index (χ2v) is 16.9. The molecule has 3 unspecified atom stereocenters. The Labute approximate surface area is 371 Å². The molecule has 0 heterocycles. The fourth-order valence-corrected chi connectivity index (χ4v) is 7.17. The van der Waals surface area contributed by atoms with Crippen LogP contribution in [0.4, 0.5) is 0 Å². The number of ether oxygens (including phenoxy) is 1. The van der Waals surface area contributed by atoms with E-state index in [0.717, 1.165) is 77.0 Å². The number of hydrogen-bond acceptors (Lipinski definition) is 5. The first-order valence-electron chi connectivity index (χ1n) is 25.2. The summed E-state index contributed by atoms with van der Waals surface area (Å²) < 4.78 is 5.89. The Morgan fingerprint density at radius 2 is 0.917 bits per heavy atom. The lowest BCUT2D eigenvalue weighted by Gasteiger charge is -2.24. The molecule has 6 nitrogen and oxygen atoms in total. The number of amides is 1. The molecular weight excluding hydrogens is 743 g/mol. The van der Waals surface area contributed by atoms with Crippen LogP contribution in [0.1, 0.15) is 233 Å². The van der Waals surface area contributed by atoms with E-state index in [0.29, 0.717) is 19.3 Å². The van der Waals surface area contributed by atoms with Crippen molar-refractivity contribution in [2.75, 3.05) is 6.61 Å². The summed E-state index contributed by atoms with van der Waals surface area (Å²) in [6, 6.07) is -0.722. The van der Waals surface area contributed by atoms with Crippen molar-refractivity contribution in [3.8, 4) is 0 Å². The summed E-state index contributed by atoms with van der Waals surface area (Å²) in [4.78, 5) is 26.1. The van der Waals surface area contributed by atoms with Gasteiger partial charge in [0, 0.05) is 6.42 Å². The third-order valence-electron chi connectivity index (χ3n) is 11.0. The van der Waals surface area contributed by atoms with E-state index < -0.39 is 18.2 Å². The van der Waals surface area contributed by atoms with Crippen LogP contribution >= 0.6 is 0 Å². The van der Waals surface area contributed by atoms with Gasteiger partial charge >= 0.3 is 5.97 Å². The molecule has 3 N–H and O–H groups in total. The summed E-state index contributed by atoms with van der Waals surface area (Å²) in [5, 5.41) is 23.6. The topological polar surface area (TPSA) is 95.9 Å². The van der Waals surface area contributed by atoms with Gasteiger partial charge in [-0.2, -0.15) is 0 Å². The summed E-state index contributed by atoms with van der Waals surface area (Å²) in [6.07, 6.45) is 59.6. The molecule has 0 aliphatic carbocycles. The molecular formula is C54H95NO5. The summed E-state index contributed by atoms with van der Waals surface area (Å²) in [5.41, 5.74) is 0. The standard InChI is InChI=1S/C54H95NO5/c1-4-7-10-13-16-19-21-23-25-26-28-29-31-34-36-39-42-45-50(48-53(58)55-51(49-56)52(57)46-43-40-37-33-18-15-12-9-6-3)60-54(59)47-44-41-38-35-32-30-27-24-22-20-17-14-11-8-5-2/h16-17,19-20,22-25,28-29,34,36,50-52,56-57H,4-15,18,21,26-27,30-33,35,37-49H2,1-3H3,(H,55,58)/b19-16-,20-17+,24-22+,25-23-,29-28-,36-34-. The minimum atomic E-state index is -0.805. The normalized spacial score (nSPS) is 13.9. The van der Waals surface area contributed by atoms with Crippen LogP contribution in [0.5, 0.6) is 0 Å². The third-order valence-corrected chi connectivity index (χ3v) is 11.0. The van der Waals surface area contributed by atoms with Crippen molar-refractivity contribution in [1.82, 2.24) is 5.32 Å². The molecule has 0 aromatic heterocycles. The van der Waals surface area contributed by atoms with Crippen LogP contribution in [0, 0.1) is 0 Å². The maximum Gasteiger partial charge on any atom is 0.306 e. The number of unbranched alkanes of at least 4 members (excludes halogenated alkanes) is 21. The van der Waals surface area contributed by atoms with E-state index in [9.17, 15) is 19.8 Å². The molecule has 0 aromatic carbocycles. The smallest absolute Gasteiger partial charge is 0.306 e. The fraction of sp³-hybridized carbons (Fsp3) is 0.741. The molecule has 0 bridgehead atoms. The van der Waals surface area contributed by atoms with Crippen molar-refractivity contribution in [3.05, 3.63) is 72.9 Å². The van der Waals surface area contributed by atoms with Gasteiger partial charge in [-0.05, 0) is 89.9 Å². The predicted molar refractivity (Wildman–Crippen MR) is 259 cm³/mol. The highest BCUT2D eigenvalue weighted by Crippen LogP contribution is 2.16. The Kier molecular flexibility index (Phi) is 45.2. The minimum absolute atomic E-state index is 0.0324. The molecule has 0 aromatic rings. The van der Waals surface area contributed by atoms with E-state index in [2.05, 4.69) is 99.0 Å². The molecule has 60 heavy (non-hydrogen) atoms. The average molecular weight is 838 g/mol. The Bertz CT molecular complexity index is 1120. The molecule has 346 valence electrons. The van der Waals surface area contributed by atoms with E-state index >= 15 is 0 Å². The summed E-state index contributed by atoms with van der Waals surface area (Å²) >= 11 is 0. The second kappa shape index (κ2) is 47.4. The van der Waals surface area contributed by atoms with Gasteiger partial charge in [-0.25, -0.2) is 0 Å². The zero-order chi connectivity index (χ0) is 43.8. The molecule has 0 saturated heterocycles. The van der Waals surface area contributed by atoms with Crippen LogP contribution in [0.3, 0.4) is 0 Å². The molecule has 0 spiro atoms. The lowest BCUT2D eigenvalue weighted by molar-refractivity contribution is -0.151. The lowest BCUT2D eigenvalue weighted by Crippen LogP contribution is -2.46. The van der Waals surface area contributed by atoms with Crippen molar-refractivity contribution in [1.29, 1.82) is 0 Å². The fourth-order valence-electron chi connectivity index (χ4n) is 7.17. The molecule has 0 aliphatic heterocycles. The maximum absolute atomic E-state index is 13.2. The molecule has 6 heteroatoms. The number of carbonyl (C=O) groups is 2. The van der Waals surface area contributed by atoms with Crippen molar-refractivity contribution >= 4 is 11.9 Å². The first kappa shape index (κ1) is 57.3. The SMILES string of the molecule is CCCCC/C=C\C/C=C\C/C=C\C/C=C\CCCC(CC(=O)NC(CO)C(O)CCCCCCCCCCC)OC(=O)CCCCCCCC/C=C/C=C/CCCCC. The number of carbonyl (C=O) groups excluding carboxylic acids is 2. The molecule has 0 rings (SSSR count). The zero-order valence-corrected chi connectivity index (χ0v) is 39.3. The number of rotatable bonds is 44. The van der Waals surface area contributed by atoms with Crippen LogP contribution in [0.25, 0.3) is 0 Å². The van der Waals surface area contributed by atoms with Crippen LogP contribution in [-0.4, -0.2) is 46.9 Å². The largest absolute Gasteiger partial charge is 0.462 e. The van der Waals surface area contributed by atoms with Crippen molar-refractivity contribution < 1.29 is 24.5 Å². The van der Waals surface area contributed by atoms with Gasteiger partial charge in [-0.1, -0.05) is 203 Å². The summed E-state index contributed by atoms with van der Waals surface area (Å²) in [6.45, 7) is 6.38. The van der Waals surface area contributed by atoms with E-state index in [-0.39, 0.29) is 24.9 Å². The molecule has 1 amide bonds. The van der Waals surface area contributed by atoms with Crippen molar-refractivity contribution in [3.63, 3.8) is 0 Å². The highest BCUT2D eigenvalue weighted by molar-refractivity contribution is 5.77.